The molecule has 1 saturated heterocycles. The Morgan fingerprint density at radius 3 is 2.61 bits per heavy atom. The quantitative estimate of drug-likeness (QED) is 0.439. The molecule has 1 fully saturated rings. The van der Waals surface area contributed by atoms with Gasteiger partial charge < -0.3 is 10.2 Å². The second-order valence-corrected chi connectivity index (χ2v) is 5.63. The number of guanidine groups is 1. The number of halogens is 4. The van der Waals surface area contributed by atoms with Crippen LogP contribution in [-0.2, 0) is 6.42 Å². The van der Waals surface area contributed by atoms with Gasteiger partial charge in [-0.1, -0.05) is 30.3 Å². The van der Waals surface area contributed by atoms with Gasteiger partial charge in [-0.05, 0) is 24.3 Å². The Labute approximate surface area is 152 Å². The van der Waals surface area contributed by atoms with Gasteiger partial charge in [0.15, 0.2) is 5.96 Å². The molecule has 1 aliphatic rings. The fourth-order valence-electron chi connectivity index (χ4n) is 2.79. The van der Waals surface area contributed by atoms with Gasteiger partial charge in [-0.25, -0.2) is 0 Å². The zero-order valence-electron chi connectivity index (χ0n) is 13.1. The molecule has 0 saturated carbocycles. The first-order valence-corrected chi connectivity index (χ1v) is 7.54. The molecule has 2 rings (SSSR count). The maximum Gasteiger partial charge on any atom is 0.390 e. The molecule has 23 heavy (non-hydrogen) atoms. The molecule has 0 amide bonds. The van der Waals surface area contributed by atoms with Crippen molar-refractivity contribution in [1.82, 2.24) is 10.2 Å². The maximum absolute atomic E-state index is 12.2. The molecule has 1 atom stereocenters. The normalized spacial score (nSPS) is 18.7. The van der Waals surface area contributed by atoms with E-state index in [0.717, 1.165) is 25.9 Å². The minimum atomic E-state index is -4.13. The fourth-order valence-corrected chi connectivity index (χ4v) is 2.79. The smallest absolute Gasteiger partial charge is 0.356 e. The number of benzene rings is 1. The molecule has 0 radical (unpaired) electrons. The zero-order valence-corrected chi connectivity index (χ0v) is 15.5. The van der Waals surface area contributed by atoms with Crippen LogP contribution in [0.5, 0.6) is 0 Å². The Morgan fingerprint density at radius 1 is 1.30 bits per heavy atom. The average Bonchev–Trinajstić information content (AvgIpc) is 2.92. The fraction of sp³-hybridized carbons (Fsp3) is 0.562. The van der Waals surface area contributed by atoms with Gasteiger partial charge in [0.05, 0.1) is 6.42 Å². The standard InChI is InChI=1S/C16H22F3N3.HI/c1-20-15(21-9-8-16(17,18)19)22-10-7-14(12-22)11-13-5-3-2-4-6-13;/h2-6,14H,7-12H2,1H3,(H,20,21);1H. The summed E-state index contributed by atoms with van der Waals surface area (Å²) in [5.41, 5.74) is 1.30. The van der Waals surface area contributed by atoms with Crippen molar-refractivity contribution in [2.75, 3.05) is 26.7 Å². The minimum absolute atomic E-state index is 0. The lowest BCUT2D eigenvalue weighted by Gasteiger charge is -2.22. The molecular weight excluding hydrogens is 418 g/mol. The highest BCUT2D eigenvalue weighted by Gasteiger charge is 2.28. The highest BCUT2D eigenvalue weighted by Crippen LogP contribution is 2.21. The topological polar surface area (TPSA) is 27.6 Å². The molecule has 1 N–H and O–H groups in total. The Hall–Kier alpha value is -0.990. The molecule has 1 aromatic carbocycles. The molecule has 1 aliphatic heterocycles. The molecule has 0 spiro atoms. The third kappa shape index (κ3) is 6.97. The van der Waals surface area contributed by atoms with Gasteiger partial charge in [0.2, 0.25) is 0 Å². The van der Waals surface area contributed by atoms with Crippen LogP contribution < -0.4 is 5.32 Å². The molecular formula is C16H23F3IN3. The van der Waals surface area contributed by atoms with Crippen LogP contribution in [0.25, 0.3) is 0 Å². The van der Waals surface area contributed by atoms with E-state index in [-0.39, 0.29) is 30.5 Å². The molecule has 7 heteroatoms. The lowest BCUT2D eigenvalue weighted by atomic mass is 9.99. The van der Waals surface area contributed by atoms with Crippen molar-refractivity contribution >= 4 is 29.9 Å². The second kappa shape index (κ2) is 9.34. The second-order valence-electron chi connectivity index (χ2n) is 5.63. The van der Waals surface area contributed by atoms with E-state index in [0.29, 0.717) is 11.9 Å². The van der Waals surface area contributed by atoms with Gasteiger partial charge in [-0.15, -0.1) is 24.0 Å². The van der Waals surface area contributed by atoms with Crippen LogP contribution in [0.2, 0.25) is 0 Å². The van der Waals surface area contributed by atoms with Gasteiger partial charge in [0.1, 0.15) is 0 Å². The molecule has 1 heterocycles. The van der Waals surface area contributed by atoms with Gasteiger partial charge in [0, 0.05) is 26.7 Å². The number of rotatable bonds is 4. The number of likely N-dealkylation sites (tertiary alicyclic amines) is 1. The van der Waals surface area contributed by atoms with E-state index in [9.17, 15) is 13.2 Å². The predicted octanol–water partition coefficient (Wildman–Crippen LogP) is 3.70. The third-order valence-electron chi connectivity index (χ3n) is 3.86. The average molecular weight is 441 g/mol. The van der Waals surface area contributed by atoms with Gasteiger partial charge >= 0.3 is 6.18 Å². The first-order valence-electron chi connectivity index (χ1n) is 7.54. The van der Waals surface area contributed by atoms with Gasteiger partial charge in [-0.2, -0.15) is 13.2 Å². The monoisotopic (exact) mass is 441 g/mol. The van der Waals surface area contributed by atoms with Crippen molar-refractivity contribution in [3.8, 4) is 0 Å². The SMILES string of the molecule is CN=C(NCCC(F)(F)F)N1CCC(Cc2ccccc2)C1.I. The molecule has 3 nitrogen and oxygen atoms in total. The van der Waals surface area contributed by atoms with Crippen molar-refractivity contribution in [2.24, 2.45) is 10.9 Å². The Morgan fingerprint density at radius 2 is 2.00 bits per heavy atom. The highest BCUT2D eigenvalue weighted by molar-refractivity contribution is 14.0. The van der Waals surface area contributed by atoms with Gasteiger partial charge in [0.25, 0.3) is 0 Å². The van der Waals surface area contributed by atoms with Crippen LogP contribution in [0.1, 0.15) is 18.4 Å². The zero-order chi connectivity index (χ0) is 16.0. The van der Waals surface area contributed by atoms with E-state index in [2.05, 4.69) is 22.4 Å². The van der Waals surface area contributed by atoms with Crippen molar-refractivity contribution < 1.29 is 13.2 Å². The minimum Gasteiger partial charge on any atom is -0.356 e. The number of nitrogens with one attached hydrogen (secondary N) is 1. The van der Waals surface area contributed by atoms with Crippen molar-refractivity contribution in [3.63, 3.8) is 0 Å². The van der Waals surface area contributed by atoms with Crippen LogP contribution in [0.15, 0.2) is 35.3 Å². The van der Waals surface area contributed by atoms with Crippen LogP contribution in [-0.4, -0.2) is 43.7 Å². The summed E-state index contributed by atoms with van der Waals surface area (Å²) in [6, 6.07) is 10.3. The molecule has 1 aromatic rings. The summed E-state index contributed by atoms with van der Waals surface area (Å²) in [6.45, 7) is 1.54. The Bertz CT molecular complexity index is 491. The first-order chi connectivity index (χ1) is 10.5. The van der Waals surface area contributed by atoms with E-state index in [1.54, 1.807) is 7.05 Å². The third-order valence-corrected chi connectivity index (χ3v) is 3.86. The number of nitrogens with zero attached hydrogens (tertiary/aromatic N) is 2. The van der Waals surface area contributed by atoms with E-state index in [1.165, 1.54) is 5.56 Å². The molecule has 0 aliphatic carbocycles. The lowest BCUT2D eigenvalue weighted by Crippen LogP contribution is -2.41. The van der Waals surface area contributed by atoms with Crippen LogP contribution >= 0.6 is 24.0 Å². The molecule has 1 unspecified atom stereocenters. The molecule has 0 aromatic heterocycles. The maximum atomic E-state index is 12.2. The summed E-state index contributed by atoms with van der Waals surface area (Å²) in [4.78, 5) is 6.14. The Balaban J connectivity index is 0.00000264. The van der Waals surface area contributed by atoms with Crippen LogP contribution in [0.4, 0.5) is 13.2 Å². The van der Waals surface area contributed by atoms with Crippen molar-refractivity contribution in [2.45, 2.75) is 25.4 Å². The Kier molecular flexibility index (Phi) is 8.15. The summed E-state index contributed by atoms with van der Waals surface area (Å²) in [7, 11) is 1.61. The van der Waals surface area contributed by atoms with Gasteiger partial charge in [-0.3, -0.25) is 4.99 Å². The molecule has 0 bridgehead atoms. The lowest BCUT2D eigenvalue weighted by molar-refractivity contribution is -0.132. The van der Waals surface area contributed by atoms with E-state index < -0.39 is 12.6 Å². The number of hydrogen-bond acceptors (Lipinski definition) is 1. The summed E-state index contributed by atoms with van der Waals surface area (Å²) in [6.07, 6.45) is -2.94. The number of hydrogen-bond donors (Lipinski definition) is 1. The highest BCUT2D eigenvalue weighted by atomic mass is 127. The summed E-state index contributed by atoms with van der Waals surface area (Å²) >= 11 is 0. The van der Waals surface area contributed by atoms with Crippen LogP contribution in [0, 0.1) is 5.92 Å². The number of aliphatic imine (C=N–C) groups is 1. The van der Waals surface area contributed by atoms with E-state index in [1.807, 2.05) is 23.1 Å². The van der Waals surface area contributed by atoms with Crippen molar-refractivity contribution in [3.05, 3.63) is 35.9 Å². The van der Waals surface area contributed by atoms with Crippen molar-refractivity contribution in [1.29, 1.82) is 0 Å². The molecule has 130 valence electrons. The summed E-state index contributed by atoms with van der Waals surface area (Å²) in [5.74, 6) is 1.09. The number of alkyl halides is 3. The summed E-state index contributed by atoms with van der Waals surface area (Å²) in [5, 5.41) is 2.81. The van der Waals surface area contributed by atoms with Crippen LogP contribution in [0.3, 0.4) is 0 Å². The van der Waals surface area contributed by atoms with E-state index >= 15 is 0 Å². The predicted molar refractivity (Wildman–Crippen MR) is 97.3 cm³/mol. The first kappa shape index (κ1) is 20.1. The van der Waals surface area contributed by atoms with E-state index in [4.69, 9.17) is 0 Å². The summed E-state index contributed by atoms with van der Waals surface area (Å²) < 4.78 is 36.6. The largest absolute Gasteiger partial charge is 0.390 e.